The lowest BCUT2D eigenvalue weighted by molar-refractivity contribution is -0.146. The summed E-state index contributed by atoms with van der Waals surface area (Å²) in [6.07, 6.45) is 4.26. The van der Waals surface area contributed by atoms with Gasteiger partial charge in [0.1, 0.15) is 6.61 Å². The lowest BCUT2D eigenvalue weighted by atomic mass is 10.3. The third kappa shape index (κ3) is 3.47. The number of allylic oxidation sites excluding steroid dienone is 1. The zero-order valence-electron chi connectivity index (χ0n) is 11.6. The van der Waals surface area contributed by atoms with Crippen molar-refractivity contribution in [3.8, 4) is 0 Å². The maximum absolute atomic E-state index is 11.7. The molecule has 0 saturated carbocycles. The largest absolute Gasteiger partial charge is 0.480 e. The first kappa shape index (κ1) is 15.6. The van der Waals surface area contributed by atoms with Crippen molar-refractivity contribution in [2.24, 2.45) is 0 Å². The van der Waals surface area contributed by atoms with Crippen molar-refractivity contribution in [2.75, 3.05) is 19.7 Å². The molecule has 0 spiro atoms. The molecule has 2 rings (SSSR count). The lowest BCUT2D eigenvalue weighted by Crippen LogP contribution is -2.44. The fourth-order valence-electron chi connectivity index (χ4n) is 2.07. The van der Waals surface area contributed by atoms with Crippen LogP contribution in [0.1, 0.15) is 0 Å². The van der Waals surface area contributed by atoms with Crippen molar-refractivity contribution in [1.29, 1.82) is 0 Å². The fourth-order valence-corrected chi connectivity index (χ4v) is 2.07. The molecule has 1 N–H and O–H groups in total. The van der Waals surface area contributed by atoms with Crippen LogP contribution in [-0.2, 0) is 23.9 Å². The zero-order chi connectivity index (χ0) is 16.3. The zero-order valence-corrected chi connectivity index (χ0v) is 11.6. The molecule has 8 heteroatoms. The molecule has 2 aliphatic rings. The molecule has 0 fully saturated rings. The molecule has 1 unspecified atom stereocenters. The Kier molecular flexibility index (Phi) is 4.52. The van der Waals surface area contributed by atoms with Gasteiger partial charge in [0, 0.05) is 23.9 Å². The van der Waals surface area contributed by atoms with Crippen LogP contribution >= 0.6 is 0 Å². The Bertz CT molecular complexity index is 526. The molecule has 22 heavy (non-hydrogen) atoms. The van der Waals surface area contributed by atoms with Crippen LogP contribution in [0.5, 0.6) is 0 Å². The number of carboxylic acid groups (broad SMARTS) is 1. The number of hydrogen-bond acceptors (Lipinski definition) is 5. The van der Waals surface area contributed by atoms with Gasteiger partial charge in [-0.2, -0.15) is 0 Å². The second kappa shape index (κ2) is 6.35. The summed E-state index contributed by atoms with van der Waals surface area (Å²) in [6.45, 7) is 2.93. The highest BCUT2D eigenvalue weighted by Gasteiger charge is 2.30. The minimum Gasteiger partial charge on any atom is -0.480 e. The minimum absolute atomic E-state index is 0.00495. The molecular formula is C14H14N2O6. The number of amides is 3. The monoisotopic (exact) mass is 306 g/mol. The smallest absolute Gasteiger partial charge is 0.329 e. The molecule has 0 saturated heterocycles. The van der Waals surface area contributed by atoms with E-state index in [1.807, 2.05) is 0 Å². The van der Waals surface area contributed by atoms with Crippen LogP contribution in [0, 0.1) is 0 Å². The molecule has 2 aliphatic heterocycles. The van der Waals surface area contributed by atoms with E-state index < -0.39 is 30.5 Å². The van der Waals surface area contributed by atoms with Crippen LogP contribution in [0.3, 0.4) is 0 Å². The first-order valence-electron chi connectivity index (χ1n) is 6.44. The second-order valence-electron chi connectivity index (χ2n) is 4.72. The summed E-state index contributed by atoms with van der Waals surface area (Å²) in [6, 6.07) is 0. The number of carboxylic acids is 1. The molecule has 0 aromatic carbocycles. The van der Waals surface area contributed by atoms with Gasteiger partial charge < -0.3 is 14.7 Å². The highest BCUT2D eigenvalue weighted by molar-refractivity contribution is 6.12. The Labute approximate surface area is 125 Å². The van der Waals surface area contributed by atoms with E-state index >= 15 is 0 Å². The molecular weight excluding hydrogens is 292 g/mol. The SMILES string of the molecule is C=C1C=CC(=O)N1CC(CN1C(=O)C=CC1=O)OCC(=O)O. The maximum Gasteiger partial charge on any atom is 0.329 e. The van der Waals surface area contributed by atoms with Gasteiger partial charge in [0.25, 0.3) is 17.7 Å². The van der Waals surface area contributed by atoms with Crippen LogP contribution in [0.25, 0.3) is 0 Å². The molecule has 0 radical (unpaired) electrons. The summed E-state index contributed by atoms with van der Waals surface area (Å²) in [5, 5.41) is 8.70. The van der Waals surface area contributed by atoms with Gasteiger partial charge >= 0.3 is 5.97 Å². The summed E-state index contributed by atoms with van der Waals surface area (Å²) in [5.41, 5.74) is 0.436. The van der Waals surface area contributed by atoms with Crippen LogP contribution in [-0.4, -0.2) is 64.4 Å². The molecule has 3 amide bonds. The van der Waals surface area contributed by atoms with Crippen molar-refractivity contribution in [3.05, 3.63) is 36.6 Å². The minimum atomic E-state index is -1.19. The average molecular weight is 306 g/mol. The Morgan fingerprint density at radius 1 is 1.05 bits per heavy atom. The number of imide groups is 1. The highest BCUT2D eigenvalue weighted by Crippen LogP contribution is 2.15. The molecule has 0 aromatic rings. The maximum atomic E-state index is 11.7. The summed E-state index contributed by atoms with van der Waals surface area (Å²) in [7, 11) is 0. The summed E-state index contributed by atoms with van der Waals surface area (Å²) in [4.78, 5) is 47.7. The number of ether oxygens (including phenoxy) is 1. The predicted octanol–water partition coefficient (Wildman–Crippen LogP) is -0.707. The van der Waals surface area contributed by atoms with Crippen LogP contribution < -0.4 is 0 Å². The Morgan fingerprint density at radius 3 is 2.05 bits per heavy atom. The van der Waals surface area contributed by atoms with Gasteiger partial charge in [-0.15, -0.1) is 0 Å². The number of nitrogens with zero attached hydrogens (tertiary/aromatic N) is 2. The van der Waals surface area contributed by atoms with Gasteiger partial charge in [-0.3, -0.25) is 19.3 Å². The Morgan fingerprint density at radius 2 is 1.55 bits per heavy atom. The third-order valence-electron chi connectivity index (χ3n) is 3.15. The molecule has 1 atom stereocenters. The molecule has 0 aliphatic carbocycles. The molecule has 8 nitrogen and oxygen atoms in total. The summed E-state index contributed by atoms with van der Waals surface area (Å²) in [5.74, 6) is -2.50. The molecule has 0 aromatic heterocycles. The van der Waals surface area contributed by atoms with E-state index in [1.54, 1.807) is 0 Å². The van der Waals surface area contributed by atoms with Crippen molar-refractivity contribution >= 4 is 23.7 Å². The number of carbonyl (C=O) groups excluding carboxylic acids is 3. The van der Waals surface area contributed by atoms with Gasteiger partial charge in [0.05, 0.1) is 19.2 Å². The quantitative estimate of drug-likeness (QED) is 0.623. The second-order valence-corrected chi connectivity index (χ2v) is 4.72. The third-order valence-corrected chi connectivity index (χ3v) is 3.15. The summed E-state index contributed by atoms with van der Waals surface area (Å²) >= 11 is 0. The number of hydrogen-bond donors (Lipinski definition) is 1. The van der Waals surface area contributed by atoms with E-state index in [0.717, 1.165) is 17.1 Å². The van der Waals surface area contributed by atoms with Crippen molar-refractivity contribution in [1.82, 2.24) is 9.80 Å². The summed E-state index contributed by atoms with van der Waals surface area (Å²) < 4.78 is 5.18. The molecule has 116 valence electrons. The fraction of sp³-hybridized carbons (Fsp3) is 0.286. The number of carbonyl (C=O) groups is 4. The first-order chi connectivity index (χ1) is 10.4. The number of aliphatic carboxylic acids is 1. The van der Waals surface area contributed by atoms with Gasteiger partial charge in [-0.1, -0.05) is 6.58 Å². The van der Waals surface area contributed by atoms with E-state index in [2.05, 4.69) is 6.58 Å². The standard InChI is InChI=1S/C14H14N2O6/c1-9-2-3-11(17)15(9)6-10(22-8-14(20)21)7-16-12(18)4-5-13(16)19/h2-5,10H,1,6-8H2,(H,20,21). The van der Waals surface area contributed by atoms with E-state index in [4.69, 9.17) is 9.84 Å². The lowest BCUT2D eigenvalue weighted by Gasteiger charge is -2.27. The van der Waals surface area contributed by atoms with Gasteiger partial charge in [0.15, 0.2) is 0 Å². The van der Waals surface area contributed by atoms with Crippen LogP contribution in [0.4, 0.5) is 0 Å². The molecule has 0 bridgehead atoms. The van der Waals surface area contributed by atoms with Crippen molar-refractivity contribution in [3.63, 3.8) is 0 Å². The van der Waals surface area contributed by atoms with E-state index in [9.17, 15) is 19.2 Å². The molecule has 2 heterocycles. The van der Waals surface area contributed by atoms with Crippen LogP contribution in [0.2, 0.25) is 0 Å². The average Bonchev–Trinajstić information content (AvgIpc) is 2.94. The van der Waals surface area contributed by atoms with Crippen LogP contribution in [0.15, 0.2) is 36.6 Å². The van der Waals surface area contributed by atoms with Crippen molar-refractivity contribution in [2.45, 2.75) is 6.10 Å². The number of rotatable bonds is 7. The topological polar surface area (TPSA) is 104 Å². The van der Waals surface area contributed by atoms with Gasteiger partial charge in [-0.25, -0.2) is 4.79 Å². The van der Waals surface area contributed by atoms with E-state index in [0.29, 0.717) is 5.70 Å². The van der Waals surface area contributed by atoms with Gasteiger partial charge in [0.2, 0.25) is 0 Å². The van der Waals surface area contributed by atoms with E-state index in [1.165, 1.54) is 17.1 Å². The van der Waals surface area contributed by atoms with E-state index in [-0.39, 0.29) is 19.0 Å². The predicted molar refractivity (Wildman–Crippen MR) is 73.2 cm³/mol. The normalized spacial score (nSPS) is 18.7. The Balaban J connectivity index is 2.04. The first-order valence-corrected chi connectivity index (χ1v) is 6.44. The Hall–Kier alpha value is -2.74. The van der Waals surface area contributed by atoms with Gasteiger partial charge in [-0.05, 0) is 6.08 Å². The highest BCUT2D eigenvalue weighted by atomic mass is 16.5. The van der Waals surface area contributed by atoms with Crippen molar-refractivity contribution < 1.29 is 29.0 Å².